The quantitative estimate of drug-likeness (QED) is 0.0267. The van der Waals surface area contributed by atoms with Crippen LogP contribution in [0.1, 0.15) is 74.8 Å². The highest BCUT2D eigenvalue weighted by molar-refractivity contribution is 7.80. The monoisotopic (exact) mass is 1290 g/mol. The van der Waals surface area contributed by atoms with Gasteiger partial charge in [0.1, 0.15) is 66.2 Å². The topological polar surface area (TPSA) is 488 Å². The Morgan fingerprint density at radius 3 is 1.53 bits per heavy atom. The normalized spacial score (nSPS) is 23.6. The van der Waals surface area contributed by atoms with Crippen LogP contribution in [0.5, 0.6) is 5.75 Å². The highest BCUT2D eigenvalue weighted by atomic mass is 32.1. The van der Waals surface area contributed by atoms with Gasteiger partial charge in [0.2, 0.25) is 70.9 Å². The summed E-state index contributed by atoms with van der Waals surface area (Å²) >= 11 is 4.34. The molecule has 0 unspecified atom stereocenters. The average molecular weight is 1290 g/mol. The Kier molecular flexibility index (Phi) is 27.0. The van der Waals surface area contributed by atoms with E-state index in [0.717, 1.165) is 0 Å². The van der Waals surface area contributed by atoms with Crippen molar-refractivity contribution in [3.8, 4) is 5.75 Å². The molecule has 31 heteroatoms. The van der Waals surface area contributed by atoms with Gasteiger partial charge in [-0.25, -0.2) is 4.98 Å². The Labute approximate surface area is 534 Å². The number of thiol groups is 1. The van der Waals surface area contributed by atoms with Gasteiger partial charge in [0, 0.05) is 60.4 Å². The number of benzene rings is 3. The molecule has 1 fully saturated rings. The van der Waals surface area contributed by atoms with E-state index in [1.807, 2.05) is 0 Å². The molecular formula is C61H80N16O14S. The third-order valence-corrected chi connectivity index (χ3v) is 15.7. The van der Waals surface area contributed by atoms with Gasteiger partial charge in [0.25, 0.3) is 0 Å². The van der Waals surface area contributed by atoms with Crippen LogP contribution < -0.4 is 70.4 Å². The number of hydrogen-bond donors (Lipinski definition) is 18. The van der Waals surface area contributed by atoms with Gasteiger partial charge in [-0.1, -0.05) is 80.9 Å². The lowest BCUT2D eigenvalue weighted by Gasteiger charge is -2.30. The second-order valence-corrected chi connectivity index (χ2v) is 22.7. The number of phenolic OH excluding ortho intramolecular Hbond substituents is 1. The molecule has 2 aromatic heterocycles. The van der Waals surface area contributed by atoms with E-state index >= 15 is 0 Å². The number of aliphatic hydroxyl groups is 1. The molecule has 0 bridgehead atoms. The highest BCUT2D eigenvalue weighted by Crippen LogP contribution is 2.21. The number of aromatic amines is 2. The molecule has 0 radical (unpaired) electrons. The van der Waals surface area contributed by atoms with E-state index in [2.05, 4.69) is 80.7 Å². The lowest BCUT2D eigenvalue weighted by Crippen LogP contribution is -2.63. The van der Waals surface area contributed by atoms with Gasteiger partial charge < -0.3 is 90.5 Å². The molecule has 5 aromatic rings. The minimum Gasteiger partial charge on any atom is -0.508 e. The van der Waals surface area contributed by atoms with Crippen LogP contribution in [0.25, 0.3) is 10.9 Å². The molecule has 6 rings (SSSR count). The summed E-state index contributed by atoms with van der Waals surface area (Å²) in [6.45, 7) is 2.32. The number of nitrogens with two attached hydrogens (primary N) is 3. The fourth-order valence-electron chi connectivity index (χ4n) is 10.1. The number of nitrogens with one attached hydrogen (secondary N) is 12. The standard InChI is InChI=1S/C61H80N16O14S/c1-3-32(2)51-61(91)74-44(24-36-28-65-31-67-36)56(86)71-43(23-35-27-66-39-14-8-7-13-38(35)39)55(85)76-48(30-92)60(90)73-45(25-49(63)80)57(87)68-40(15-9-10-20-62)52(82)69-42(22-34-16-18-37(79)19-17-34)53(83)70-41(21-33-11-5-4-6-12-33)54(84)75-47(29-78)59(89)72-46(26-50(64)81)58(88)77-51/h4-8,11-14,16-19,27-28,31-32,40-48,51,66,78-79,92H,3,9-10,15,20-26,29-30,62H2,1-2H3,(H2,63,80)(H2,64,81)(H,65,67)(H,68,87)(H,69,82)(H,70,83)(H,71,86)(H,72,89)(H,73,90)(H,74,91)(H,75,84)(H,76,85)(H,77,88)/t32-,40-,41-,42-,43-,44-,45-,46-,47-,48+,51-/m0/s1. The first-order valence-electron chi connectivity index (χ1n) is 29.9. The molecule has 1 saturated heterocycles. The summed E-state index contributed by atoms with van der Waals surface area (Å²) in [4.78, 5) is 181. The van der Waals surface area contributed by atoms with E-state index in [0.29, 0.717) is 39.7 Å². The van der Waals surface area contributed by atoms with Crippen molar-refractivity contribution in [2.24, 2.45) is 23.1 Å². The Hall–Kier alpha value is -9.88. The fraction of sp³-hybridized carbons (Fsp3) is 0.426. The first-order chi connectivity index (χ1) is 44.0. The van der Waals surface area contributed by atoms with Crippen molar-refractivity contribution >= 4 is 94.4 Å². The molecule has 20 N–H and O–H groups in total. The molecule has 3 heterocycles. The van der Waals surface area contributed by atoms with E-state index in [1.165, 1.54) is 36.8 Å². The summed E-state index contributed by atoms with van der Waals surface area (Å²) in [5.74, 6) is -13.9. The zero-order valence-electron chi connectivity index (χ0n) is 50.7. The molecule has 1 aliphatic heterocycles. The number of aromatic hydroxyl groups is 1. The number of H-pyrrole nitrogens is 2. The number of aliphatic hydroxyl groups excluding tert-OH is 1. The number of imidazole rings is 1. The highest BCUT2D eigenvalue weighted by Gasteiger charge is 2.39. The van der Waals surface area contributed by atoms with Crippen molar-refractivity contribution in [2.45, 2.75) is 138 Å². The van der Waals surface area contributed by atoms with E-state index in [4.69, 9.17) is 17.2 Å². The van der Waals surface area contributed by atoms with Gasteiger partial charge in [0.05, 0.1) is 25.8 Å². The number of carbonyl (C=O) groups excluding carboxylic acids is 12. The number of carbonyl (C=O) groups is 12. The molecule has 30 nitrogen and oxygen atoms in total. The van der Waals surface area contributed by atoms with Crippen molar-refractivity contribution in [2.75, 3.05) is 18.9 Å². The van der Waals surface area contributed by atoms with Crippen molar-refractivity contribution in [3.05, 3.63) is 120 Å². The van der Waals surface area contributed by atoms with Crippen LogP contribution in [-0.2, 0) is 83.2 Å². The van der Waals surface area contributed by atoms with Gasteiger partial charge in [0.15, 0.2) is 0 Å². The summed E-state index contributed by atoms with van der Waals surface area (Å²) in [5.41, 5.74) is 19.4. The summed E-state index contributed by atoms with van der Waals surface area (Å²) in [5, 5.41) is 46.8. The van der Waals surface area contributed by atoms with Crippen LogP contribution in [-0.4, -0.2) is 175 Å². The molecule has 92 heavy (non-hydrogen) atoms. The maximum absolute atomic E-state index is 14.8. The summed E-state index contributed by atoms with van der Waals surface area (Å²) in [6.07, 6.45) is 2.14. The number of nitrogens with zero attached hydrogens (tertiary/aromatic N) is 1. The maximum atomic E-state index is 14.8. The number of amides is 12. The third-order valence-electron chi connectivity index (χ3n) is 15.3. The number of hydrogen-bond acceptors (Lipinski definition) is 17. The first kappa shape index (κ1) is 71.2. The van der Waals surface area contributed by atoms with Gasteiger partial charge in [-0.15, -0.1) is 0 Å². The number of aromatic nitrogens is 3. The van der Waals surface area contributed by atoms with Gasteiger partial charge in [-0.3, -0.25) is 57.5 Å². The number of primary amides is 2. The van der Waals surface area contributed by atoms with Crippen LogP contribution in [0, 0.1) is 5.92 Å². The zero-order valence-corrected chi connectivity index (χ0v) is 51.6. The summed E-state index contributed by atoms with van der Waals surface area (Å²) in [6, 6.07) is 4.34. The Balaban J connectivity index is 1.45. The number of phenols is 1. The molecule has 3 aromatic carbocycles. The summed E-state index contributed by atoms with van der Waals surface area (Å²) in [7, 11) is 0. The molecule has 1 aliphatic rings. The lowest BCUT2D eigenvalue weighted by molar-refractivity contribution is -0.137. The molecule has 12 amide bonds. The Bertz CT molecular complexity index is 3390. The van der Waals surface area contributed by atoms with E-state index in [-0.39, 0.29) is 57.2 Å². The van der Waals surface area contributed by atoms with Crippen LogP contribution in [0.3, 0.4) is 0 Å². The molecule has 0 aliphatic carbocycles. The average Bonchev–Trinajstić information content (AvgIpc) is 1.76. The summed E-state index contributed by atoms with van der Waals surface area (Å²) < 4.78 is 0. The van der Waals surface area contributed by atoms with Crippen molar-refractivity contribution in [1.29, 1.82) is 0 Å². The van der Waals surface area contributed by atoms with Crippen LogP contribution >= 0.6 is 12.6 Å². The first-order valence-corrected chi connectivity index (χ1v) is 30.5. The van der Waals surface area contributed by atoms with E-state index < -0.39 is 162 Å². The Morgan fingerprint density at radius 2 is 0.989 bits per heavy atom. The van der Waals surface area contributed by atoms with Crippen molar-refractivity contribution < 1.29 is 67.7 Å². The van der Waals surface area contributed by atoms with Crippen molar-refractivity contribution in [3.63, 3.8) is 0 Å². The number of fused-ring (bicyclic) bond motifs is 1. The minimum absolute atomic E-state index is 0.130. The van der Waals surface area contributed by atoms with Crippen LogP contribution in [0.2, 0.25) is 0 Å². The second-order valence-electron chi connectivity index (χ2n) is 22.3. The van der Waals surface area contributed by atoms with E-state index in [9.17, 15) is 67.7 Å². The zero-order chi connectivity index (χ0) is 67.0. The maximum Gasteiger partial charge on any atom is 0.245 e. The predicted octanol–water partition coefficient (Wildman–Crippen LogP) is -3.42. The smallest absolute Gasteiger partial charge is 0.245 e. The number of rotatable bonds is 20. The molecule has 11 atom stereocenters. The minimum atomic E-state index is -1.89. The SMILES string of the molecule is CC[C@H](C)[C@@H]1NC(=O)[C@H](CC(N)=O)NC(=O)[C@H](CO)NC(=O)[C@H](Cc2ccccc2)NC(=O)[C@H](Cc2ccc(O)cc2)NC(=O)[C@H](CCCCN)NC(=O)[C@H](CC(N)=O)NC(=O)[C@@H](CS)NC(=O)[C@H](Cc2c[nH]c3ccccc23)NC(=O)[C@H](Cc2cnc[nH]2)NC1=O. The number of para-hydroxylation sites is 1. The molecule has 0 saturated carbocycles. The number of unbranched alkanes of at least 4 members (excludes halogenated alkanes) is 1. The molecular weight excluding hydrogens is 1210 g/mol. The van der Waals surface area contributed by atoms with Crippen LogP contribution in [0.4, 0.5) is 0 Å². The predicted molar refractivity (Wildman–Crippen MR) is 336 cm³/mol. The van der Waals surface area contributed by atoms with Crippen LogP contribution in [0.15, 0.2) is 97.6 Å². The second kappa shape index (κ2) is 34.9. The largest absolute Gasteiger partial charge is 0.508 e. The Morgan fingerprint density at radius 1 is 0.533 bits per heavy atom. The third kappa shape index (κ3) is 21.1. The molecule has 0 spiro atoms. The van der Waals surface area contributed by atoms with Gasteiger partial charge in [-0.05, 0) is 66.6 Å². The lowest BCUT2D eigenvalue weighted by atomic mass is 9.96. The van der Waals surface area contributed by atoms with E-state index in [1.54, 1.807) is 74.6 Å². The fourth-order valence-corrected chi connectivity index (χ4v) is 10.3. The molecule has 494 valence electrons. The van der Waals surface area contributed by atoms with Gasteiger partial charge >= 0.3 is 0 Å². The van der Waals surface area contributed by atoms with Gasteiger partial charge in [-0.2, -0.15) is 12.6 Å². The van der Waals surface area contributed by atoms with Crippen molar-refractivity contribution in [1.82, 2.24) is 68.1 Å².